The fourth-order valence-electron chi connectivity index (χ4n) is 2.32. The minimum absolute atomic E-state index is 0.300. The Morgan fingerprint density at radius 3 is 2.80 bits per heavy atom. The van der Waals surface area contributed by atoms with E-state index in [1.165, 1.54) is 16.4 Å². The standard InChI is InChI=1S/C15H24N4S/c1-4-7-16-13(11-15-17-8-9-20-15)14-10-12(5-2)18-19(14)6-3/h8-10,13,16H,4-7,11H2,1-3H3. The van der Waals surface area contributed by atoms with E-state index in [1.54, 1.807) is 11.3 Å². The zero-order valence-electron chi connectivity index (χ0n) is 12.6. The van der Waals surface area contributed by atoms with Gasteiger partial charge in [0.05, 0.1) is 22.4 Å². The molecule has 0 spiro atoms. The molecule has 0 aliphatic rings. The predicted octanol–water partition coefficient (Wildman–Crippen LogP) is 3.21. The molecule has 0 bridgehead atoms. The Bertz CT molecular complexity index is 504. The molecule has 0 saturated heterocycles. The summed E-state index contributed by atoms with van der Waals surface area (Å²) < 4.78 is 2.12. The van der Waals surface area contributed by atoms with Gasteiger partial charge in [0.2, 0.25) is 0 Å². The molecule has 2 rings (SSSR count). The number of thiazole rings is 1. The molecule has 110 valence electrons. The van der Waals surface area contributed by atoms with Crippen molar-refractivity contribution in [1.82, 2.24) is 20.1 Å². The van der Waals surface area contributed by atoms with Gasteiger partial charge in [-0.15, -0.1) is 11.3 Å². The van der Waals surface area contributed by atoms with E-state index in [2.05, 4.69) is 46.9 Å². The van der Waals surface area contributed by atoms with Crippen LogP contribution in [0.5, 0.6) is 0 Å². The van der Waals surface area contributed by atoms with E-state index >= 15 is 0 Å². The average Bonchev–Trinajstić information content (AvgIpc) is 3.12. The third-order valence-corrected chi connectivity index (χ3v) is 4.19. The van der Waals surface area contributed by atoms with Crippen LogP contribution in [0.4, 0.5) is 0 Å². The molecule has 0 amide bonds. The van der Waals surface area contributed by atoms with Crippen LogP contribution in [0.1, 0.15) is 49.6 Å². The summed E-state index contributed by atoms with van der Waals surface area (Å²) in [6.07, 6.45) is 4.94. The van der Waals surface area contributed by atoms with Gasteiger partial charge in [0.25, 0.3) is 0 Å². The van der Waals surface area contributed by atoms with Crippen LogP contribution < -0.4 is 5.32 Å². The van der Waals surface area contributed by atoms with Gasteiger partial charge in [-0.25, -0.2) is 4.98 Å². The summed E-state index contributed by atoms with van der Waals surface area (Å²) in [6, 6.07) is 2.54. The monoisotopic (exact) mass is 292 g/mol. The van der Waals surface area contributed by atoms with E-state index in [0.717, 1.165) is 32.4 Å². The van der Waals surface area contributed by atoms with Gasteiger partial charge in [-0.1, -0.05) is 13.8 Å². The Kier molecular flexibility index (Phi) is 5.73. The molecular weight excluding hydrogens is 268 g/mol. The predicted molar refractivity (Wildman–Crippen MR) is 84.1 cm³/mol. The lowest BCUT2D eigenvalue weighted by atomic mass is 10.1. The molecule has 5 heteroatoms. The minimum Gasteiger partial charge on any atom is -0.308 e. The van der Waals surface area contributed by atoms with Crippen molar-refractivity contribution >= 4 is 11.3 Å². The molecule has 0 radical (unpaired) electrons. The van der Waals surface area contributed by atoms with E-state index < -0.39 is 0 Å². The van der Waals surface area contributed by atoms with Crippen molar-refractivity contribution in [3.63, 3.8) is 0 Å². The SMILES string of the molecule is CCCNC(Cc1nccs1)c1cc(CC)nn1CC. The highest BCUT2D eigenvalue weighted by Crippen LogP contribution is 2.21. The van der Waals surface area contributed by atoms with E-state index in [9.17, 15) is 0 Å². The fraction of sp³-hybridized carbons (Fsp3) is 0.600. The van der Waals surface area contributed by atoms with Gasteiger partial charge in [0.15, 0.2) is 0 Å². The normalized spacial score (nSPS) is 12.8. The van der Waals surface area contributed by atoms with Crippen molar-refractivity contribution in [2.24, 2.45) is 0 Å². The summed E-state index contributed by atoms with van der Waals surface area (Å²) in [7, 11) is 0. The van der Waals surface area contributed by atoms with Gasteiger partial charge in [0, 0.05) is 24.5 Å². The van der Waals surface area contributed by atoms with Crippen molar-refractivity contribution in [3.05, 3.63) is 34.0 Å². The lowest BCUT2D eigenvalue weighted by Gasteiger charge is -2.18. The van der Waals surface area contributed by atoms with Crippen LogP contribution in [-0.4, -0.2) is 21.3 Å². The first-order chi connectivity index (χ1) is 9.78. The summed E-state index contributed by atoms with van der Waals surface area (Å²) in [5.74, 6) is 0. The second-order valence-electron chi connectivity index (χ2n) is 4.87. The molecule has 2 heterocycles. The molecule has 0 aromatic carbocycles. The quantitative estimate of drug-likeness (QED) is 0.812. The molecule has 1 N–H and O–H groups in total. The van der Waals surface area contributed by atoms with Gasteiger partial charge in [0.1, 0.15) is 0 Å². The van der Waals surface area contributed by atoms with Crippen LogP contribution >= 0.6 is 11.3 Å². The van der Waals surface area contributed by atoms with Crippen LogP contribution in [0.3, 0.4) is 0 Å². The highest BCUT2D eigenvalue weighted by molar-refractivity contribution is 7.09. The number of nitrogens with zero attached hydrogens (tertiary/aromatic N) is 3. The van der Waals surface area contributed by atoms with Crippen LogP contribution in [0.2, 0.25) is 0 Å². The fourth-order valence-corrected chi connectivity index (χ4v) is 2.99. The zero-order chi connectivity index (χ0) is 14.4. The van der Waals surface area contributed by atoms with Crippen LogP contribution in [-0.2, 0) is 19.4 Å². The van der Waals surface area contributed by atoms with Gasteiger partial charge >= 0.3 is 0 Å². The second-order valence-corrected chi connectivity index (χ2v) is 5.85. The summed E-state index contributed by atoms with van der Waals surface area (Å²) in [4.78, 5) is 4.42. The average molecular weight is 292 g/mol. The largest absolute Gasteiger partial charge is 0.308 e. The summed E-state index contributed by atoms with van der Waals surface area (Å²) in [5, 5.41) is 11.5. The summed E-state index contributed by atoms with van der Waals surface area (Å²) in [5.41, 5.74) is 2.46. The number of hydrogen-bond acceptors (Lipinski definition) is 4. The molecule has 0 fully saturated rings. The minimum atomic E-state index is 0.300. The number of hydrogen-bond donors (Lipinski definition) is 1. The molecule has 0 aliphatic heterocycles. The molecule has 0 aliphatic carbocycles. The van der Waals surface area contributed by atoms with Gasteiger partial charge in [-0.2, -0.15) is 5.10 Å². The molecule has 2 aromatic heterocycles. The highest BCUT2D eigenvalue weighted by atomic mass is 32.1. The first-order valence-corrected chi connectivity index (χ1v) is 8.34. The smallest absolute Gasteiger partial charge is 0.0944 e. The van der Waals surface area contributed by atoms with E-state index in [1.807, 2.05) is 11.6 Å². The van der Waals surface area contributed by atoms with Crippen molar-refractivity contribution in [3.8, 4) is 0 Å². The van der Waals surface area contributed by atoms with Gasteiger partial charge < -0.3 is 5.32 Å². The van der Waals surface area contributed by atoms with Crippen LogP contribution in [0, 0.1) is 0 Å². The maximum atomic E-state index is 4.67. The summed E-state index contributed by atoms with van der Waals surface area (Å²) in [6.45, 7) is 8.43. The molecule has 4 nitrogen and oxygen atoms in total. The van der Waals surface area contributed by atoms with Crippen molar-refractivity contribution in [2.45, 2.75) is 52.6 Å². The molecule has 20 heavy (non-hydrogen) atoms. The van der Waals surface area contributed by atoms with Crippen molar-refractivity contribution in [2.75, 3.05) is 6.54 Å². The lowest BCUT2D eigenvalue weighted by molar-refractivity contribution is 0.477. The Morgan fingerprint density at radius 2 is 2.20 bits per heavy atom. The third-order valence-electron chi connectivity index (χ3n) is 3.38. The highest BCUT2D eigenvalue weighted by Gasteiger charge is 2.18. The zero-order valence-corrected chi connectivity index (χ0v) is 13.4. The Balaban J connectivity index is 2.22. The Morgan fingerprint density at radius 1 is 1.35 bits per heavy atom. The Labute approximate surface area is 125 Å². The molecule has 0 saturated carbocycles. The second kappa shape index (κ2) is 7.55. The van der Waals surface area contributed by atoms with E-state index in [4.69, 9.17) is 0 Å². The lowest BCUT2D eigenvalue weighted by Crippen LogP contribution is -2.26. The first-order valence-electron chi connectivity index (χ1n) is 7.46. The van der Waals surface area contributed by atoms with Crippen molar-refractivity contribution < 1.29 is 0 Å². The topological polar surface area (TPSA) is 42.7 Å². The van der Waals surface area contributed by atoms with Gasteiger partial charge in [-0.3, -0.25) is 4.68 Å². The van der Waals surface area contributed by atoms with E-state index in [0.29, 0.717) is 6.04 Å². The maximum absolute atomic E-state index is 4.67. The van der Waals surface area contributed by atoms with Crippen LogP contribution in [0.15, 0.2) is 17.6 Å². The summed E-state index contributed by atoms with van der Waals surface area (Å²) >= 11 is 1.72. The van der Waals surface area contributed by atoms with Crippen LogP contribution in [0.25, 0.3) is 0 Å². The number of aryl methyl sites for hydroxylation is 2. The van der Waals surface area contributed by atoms with Gasteiger partial charge in [-0.05, 0) is 32.4 Å². The molecule has 1 atom stereocenters. The number of nitrogens with one attached hydrogen (secondary N) is 1. The molecule has 2 aromatic rings. The van der Waals surface area contributed by atoms with E-state index in [-0.39, 0.29) is 0 Å². The Hall–Kier alpha value is -1.20. The third kappa shape index (κ3) is 3.67. The number of aromatic nitrogens is 3. The maximum Gasteiger partial charge on any atom is 0.0944 e. The van der Waals surface area contributed by atoms with Crippen molar-refractivity contribution in [1.29, 1.82) is 0 Å². The first kappa shape index (κ1) is 15.2. The molecule has 1 unspecified atom stereocenters. The molecular formula is C15H24N4S. The number of rotatable bonds is 8.